The molecule has 1 aromatic rings. The van der Waals surface area contributed by atoms with E-state index in [0.29, 0.717) is 25.2 Å². The number of nitrogens with zero attached hydrogens (tertiary/aromatic N) is 1. The molecule has 21 heavy (non-hydrogen) atoms. The van der Waals surface area contributed by atoms with E-state index in [0.717, 1.165) is 19.4 Å². The van der Waals surface area contributed by atoms with Crippen LogP contribution in [0.2, 0.25) is 0 Å². The molecule has 1 amide bonds. The number of amides is 1. The van der Waals surface area contributed by atoms with Crippen LogP contribution in [0.5, 0.6) is 0 Å². The Kier molecular flexibility index (Phi) is 3.55. The lowest BCUT2D eigenvalue weighted by Crippen LogP contribution is -2.56. The first-order chi connectivity index (χ1) is 10.1. The van der Waals surface area contributed by atoms with Gasteiger partial charge in [-0.2, -0.15) is 0 Å². The van der Waals surface area contributed by atoms with E-state index in [9.17, 15) is 14.7 Å². The van der Waals surface area contributed by atoms with Gasteiger partial charge in [-0.1, -0.05) is 12.1 Å². The average molecular weight is 290 g/mol. The highest BCUT2D eigenvalue weighted by Gasteiger charge is 2.42. The van der Waals surface area contributed by atoms with Crippen molar-refractivity contribution in [2.24, 2.45) is 0 Å². The maximum Gasteiger partial charge on any atom is 0.414 e. The van der Waals surface area contributed by atoms with Crippen molar-refractivity contribution in [3.8, 4) is 0 Å². The van der Waals surface area contributed by atoms with Crippen LogP contribution in [0.15, 0.2) is 24.3 Å². The SMILES string of the molecule is O=C(O)c1ccccc1N1CCC2(CCCNC2)OC1=O. The molecular weight excluding hydrogens is 272 g/mol. The Morgan fingerprint density at radius 3 is 2.81 bits per heavy atom. The Morgan fingerprint density at radius 1 is 1.33 bits per heavy atom. The second kappa shape index (κ2) is 5.37. The number of ether oxygens (including phenoxy) is 1. The van der Waals surface area contributed by atoms with E-state index in [4.69, 9.17) is 4.74 Å². The Hall–Kier alpha value is -2.08. The van der Waals surface area contributed by atoms with E-state index < -0.39 is 17.7 Å². The zero-order valence-electron chi connectivity index (χ0n) is 11.7. The summed E-state index contributed by atoms with van der Waals surface area (Å²) in [4.78, 5) is 25.0. The number of aromatic carboxylic acids is 1. The molecule has 1 aromatic carbocycles. The standard InChI is InChI=1S/C15H18N2O4/c18-13(19)11-4-1-2-5-12(11)17-9-7-15(21-14(17)20)6-3-8-16-10-15/h1-2,4-5,16H,3,6-10H2,(H,18,19). The van der Waals surface area contributed by atoms with Gasteiger partial charge in [0.05, 0.1) is 11.3 Å². The topological polar surface area (TPSA) is 78.9 Å². The second-order valence-corrected chi connectivity index (χ2v) is 5.56. The van der Waals surface area contributed by atoms with Crippen molar-refractivity contribution in [2.45, 2.75) is 24.9 Å². The van der Waals surface area contributed by atoms with E-state index in [2.05, 4.69) is 5.32 Å². The van der Waals surface area contributed by atoms with Crippen LogP contribution < -0.4 is 10.2 Å². The van der Waals surface area contributed by atoms with Crippen LogP contribution in [-0.4, -0.2) is 42.4 Å². The van der Waals surface area contributed by atoms with Crippen molar-refractivity contribution in [1.82, 2.24) is 5.32 Å². The fraction of sp³-hybridized carbons (Fsp3) is 0.467. The van der Waals surface area contributed by atoms with Crippen molar-refractivity contribution in [1.29, 1.82) is 0 Å². The second-order valence-electron chi connectivity index (χ2n) is 5.56. The number of carbonyl (C=O) groups is 2. The van der Waals surface area contributed by atoms with Crippen LogP contribution in [0, 0.1) is 0 Å². The maximum absolute atomic E-state index is 12.3. The van der Waals surface area contributed by atoms with Gasteiger partial charge in [0.2, 0.25) is 0 Å². The minimum absolute atomic E-state index is 0.118. The van der Waals surface area contributed by atoms with E-state index in [-0.39, 0.29) is 5.56 Å². The Balaban J connectivity index is 1.83. The number of carbonyl (C=O) groups excluding carboxylic acids is 1. The number of hydrogen-bond donors (Lipinski definition) is 2. The van der Waals surface area contributed by atoms with Crippen LogP contribution in [0.25, 0.3) is 0 Å². The number of carboxylic acids is 1. The summed E-state index contributed by atoms with van der Waals surface area (Å²) in [6.07, 6.45) is 2.09. The van der Waals surface area contributed by atoms with Gasteiger partial charge >= 0.3 is 12.1 Å². The van der Waals surface area contributed by atoms with Crippen molar-refractivity contribution < 1.29 is 19.4 Å². The number of rotatable bonds is 2. The monoisotopic (exact) mass is 290 g/mol. The molecule has 0 saturated carbocycles. The van der Waals surface area contributed by atoms with E-state index in [1.807, 2.05) is 0 Å². The number of para-hydroxylation sites is 1. The highest BCUT2D eigenvalue weighted by atomic mass is 16.6. The summed E-state index contributed by atoms with van der Waals surface area (Å²) in [5, 5.41) is 12.5. The van der Waals surface area contributed by atoms with Crippen molar-refractivity contribution in [3.63, 3.8) is 0 Å². The van der Waals surface area contributed by atoms with Gasteiger partial charge in [0.15, 0.2) is 0 Å². The number of hydrogen-bond acceptors (Lipinski definition) is 4. The van der Waals surface area contributed by atoms with Gasteiger partial charge in [0, 0.05) is 19.5 Å². The molecule has 1 spiro atoms. The third-order valence-corrected chi connectivity index (χ3v) is 4.17. The summed E-state index contributed by atoms with van der Waals surface area (Å²) in [5.41, 5.74) is 0.0880. The first kappa shape index (κ1) is 13.9. The van der Waals surface area contributed by atoms with Crippen molar-refractivity contribution >= 4 is 17.7 Å². The first-order valence-corrected chi connectivity index (χ1v) is 7.15. The molecule has 112 valence electrons. The lowest BCUT2D eigenvalue weighted by Gasteiger charge is -2.43. The lowest BCUT2D eigenvalue weighted by atomic mass is 9.89. The number of anilines is 1. The smallest absolute Gasteiger partial charge is 0.414 e. The molecule has 1 atom stereocenters. The highest BCUT2D eigenvalue weighted by molar-refractivity contribution is 6.00. The third-order valence-electron chi connectivity index (χ3n) is 4.17. The third kappa shape index (κ3) is 2.58. The molecule has 2 saturated heterocycles. The molecule has 1 unspecified atom stereocenters. The van der Waals surface area contributed by atoms with Gasteiger partial charge in [-0.05, 0) is 31.5 Å². The zero-order valence-corrected chi connectivity index (χ0v) is 11.7. The van der Waals surface area contributed by atoms with Gasteiger partial charge in [0.25, 0.3) is 0 Å². The zero-order chi connectivity index (χ0) is 14.9. The van der Waals surface area contributed by atoms with Crippen LogP contribution in [0.3, 0.4) is 0 Å². The number of nitrogens with one attached hydrogen (secondary N) is 1. The Morgan fingerprint density at radius 2 is 2.14 bits per heavy atom. The quantitative estimate of drug-likeness (QED) is 0.869. The van der Waals surface area contributed by atoms with Crippen molar-refractivity contribution in [3.05, 3.63) is 29.8 Å². The van der Waals surface area contributed by atoms with Gasteiger partial charge in [-0.25, -0.2) is 9.59 Å². The van der Waals surface area contributed by atoms with E-state index >= 15 is 0 Å². The summed E-state index contributed by atoms with van der Waals surface area (Å²) >= 11 is 0. The number of carboxylic acid groups (broad SMARTS) is 1. The molecule has 0 aromatic heterocycles. The van der Waals surface area contributed by atoms with E-state index in [1.165, 1.54) is 11.0 Å². The molecule has 0 aliphatic carbocycles. The summed E-state index contributed by atoms with van der Waals surface area (Å²) in [7, 11) is 0. The normalized spacial score (nSPS) is 25.7. The predicted octanol–water partition coefficient (Wildman–Crippen LogP) is 1.85. The fourth-order valence-corrected chi connectivity index (χ4v) is 3.05. The molecule has 0 radical (unpaired) electrons. The number of benzene rings is 1. The first-order valence-electron chi connectivity index (χ1n) is 7.15. The molecule has 6 heteroatoms. The minimum atomic E-state index is -1.04. The lowest BCUT2D eigenvalue weighted by molar-refractivity contribution is -0.0211. The summed E-state index contributed by atoms with van der Waals surface area (Å²) in [6.45, 7) is 2.10. The van der Waals surface area contributed by atoms with Crippen LogP contribution in [0.1, 0.15) is 29.6 Å². The highest BCUT2D eigenvalue weighted by Crippen LogP contribution is 2.33. The molecule has 2 aliphatic rings. The molecule has 0 bridgehead atoms. The van der Waals surface area contributed by atoms with Gasteiger partial charge in [0.1, 0.15) is 5.60 Å². The van der Waals surface area contributed by atoms with Gasteiger partial charge in [-0.15, -0.1) is 0 Å². The largest absolute Gasteiger partial charge is 0.478 e. The molecule has 6 nitrogen and oxygen atoms in total. The maximum atomic E-state index is 12.3. The average Bonchev–Trinajstić information content (AvgIpc) is 2.48. The Bertz CT molecular complexity index is 567. The van der Waals surface area contributed by atoms with Gasteiger partial charge < -0.3 is 15.2 Å². The molecule has 2 aliphatic heterocycles. The summed E-state index contributed by atoms with van der Waals surface area (Å²) < 4.78 is 5.65. The number of piperidine rings is 1. The van der Waals surface area contributed by atoms with Crippen LogP contribution in [-0.2, 0) is 4.74 Å². The summed E-state index contributed by atoms with van der Waals surface area (Å²) in [6, 6.07) is 6.51. The van der Waals surface area contributed by atoms with E-state index in [1.54, 1.807) is 18.2 Å². The fourth-order valence-electron chi connectivity index (χ4n) is 3.05. The minimum Gasteiger partial charge on any atom is -0.478 e. The van der Waals surface area contributed by atoms with Gasteiger partial charge in [-0.3, -0.25) is 4.90 Å². The summed E-state index contributed by atoms with van der Waals surface area (Å²) in [5.74, 6) is -1.04. The van der Waals surface area contributed by atoms with Crippen LogP contribution in [0.4, 0.5) is 10.5 Å². The molecule has 2 fully saturated rings. The predicted molar refractivity (Wildman–Crippen MR) is 76.7 cm³/mol. The molecule has 3 rings (SSSR count). The molecular formula is C15H18N2O4. The van der Waals surface area contributed by atoms with Crippen LogP contribution >= 0.6 is 0 Å². The Labute approximate surface area is 122 Å². The molecule has 2 N–H and O–H groups in total. The van der Waals surface area contributed by atoms with Crippen molar-refractivity contribution in [2.75, 3.05) is 24.5 Å². The molecule has 2 heterocycles.